The number of rotatable bonds is 6. The SMILES string of the molecule is COC(=O)C1=CCc2nc(N(Cc3ccccc3)Cc3ccccc3)ccc21. The van der Waals surface area contributed by atoms with Crippen LogP contribution in [-0.4, -0.2) is 18.1 Å². The number of carbonyl (C=O) groups excluding carboxylic acids is 1. The lowest BCUT2D eigenvalue weighted by molar-refractivity contribution is -0.133. The van der Waals surface area contributed by atoms with E-state index in [0.717, 1.165) is 30.2 Å². The third-order valence-corrected chi connectivity index (χ3v) is 4.91. The van der Waals surface area contributed by atoms with Crippen LogP contribution in [0.5, 0.6) is 0 Å². The molecule has 0 unspecified atom stereocenters. The molecule has 140 valence electrons. The molecule has 0 aliphatic heterocycles. The van der Waals surface area contributed by atoms with Gasteiger partial charge in [0.15, 0.2) is 0 Å². The average molecular weight is 370 g/mol. The molecule has 0 saturated heterocycles. The zero-order valence-corrected chi connectivity index (χ0v) is 15.8. The Balaban J connectivity index is 1.64. The Bertz CT molecular complexity index is 956. The smallest absolute Gasteiger partial charge is 0.338 e. The van der Waals surface area contributed by atoms with E-state index < -0.39 is 0 Å². The lowest BCUT2D eigenvalue weighted by atomic mass is 10.1. The van der Waals surface area contributed by atoms with Crippen LogP contribution in [0.1, 0.15) is 22.4 Å². The largest absolute Gasteiger partial charge is 0.465 e. The van der Waals surface area contributed by atoms with Gasteiger partial charge in [-0.05, 0) is 23.3 Å². The number of pyridine rings is 1. The topological polar surface area (TPSA) is 42.4 Å². The first kappa shape index (κ1) is 18.0. The number of anilines is 1. The Morgan fingerprint density at radius 3 is 2.11 bits per heavy atom. The first-order chi connectivity index (χ1) is 13.7. The highest BCUT2D eigenvalue weighted by Gasteiger charge is 2.23. The van der Waals surface area contributed by atoms with Crippen molar-refractivity contribution < 1.29 is 9.53 Å². The fourth-order valence-electron chi connectivity index (χ4n) is 3.50. The number of fused-ring (bicyclic) bond motifs is 1. The first-order valence-corrected chi connectivity index (χ1v) is 9.36. The second-order valence-corrected chi connectivity index (χ2v) is 6.80. The number of benzene rings is 2. The van der Waals surface area contributed by atoms with Crippen LogP contribution in [0.3, 0.4) is 0 Å². The third-order valence-electron chi connectivity index (χ3n) is 4.91. The number of methoxy groups -OCH3 is 1. The van der Waals surface area contributed by atoms with Crippen molar-refractivity contribution in [2.24, 2.45) is 0 Å². The number of allylic oxidation sites excluding steroid dienone is 1. The molecule has 0 atom stereocenters. The summed E-state index contributed by atoms with van der Waals surface area (Å²) in [7, 11) is 1.41. The van der Waals surface area contributed by atoms with Gasteiger partial charge in [-0.3, -0.25) is 0 Å². The van der Waals surface area contributed by atoms with Crippen LogP contribution in [0.4, 0.5) is 5.82 Å². The van der Waals surface area contributed by atoms with E-state index in [-0.39, 0.29) is 5.97 Å². The number of hydrogen-bond donors (Lipinski definition) is 0. The van der Waals surface area contributed by atoms with Crippen LogP contribution in [0.2, 0.25) is 0 Å². The summed E-state index contributed by atoms with van der Waals surface area (Å²) >= 11 is 0. The molecule has 0 N–H and O–H groups in total. The van der Waals surface area contributed by atoms with Gasteiger partial charge in [-0.2, -0.15) is 0 Å². The summed E-state index contributed by atoms with van der Waals surface area (Å²) < 4.78 is 4.88. The quantitative estimate of drug-likeness (QED) is 0.603. The maximum Gasteiger partial charge on any atom is 0.338 e. The Labute approximate surface area is 165 Å². The van der Waals surface area contributed by atoms with Crippen LogP contribution in [0, 0.1) is 0 Å². The number of aromatic nitrogens is 1. The summed E-state index contributed by atoms with van der Waals surface area (Å²) in [5.41, 5.74) is 4.86. The Morgan fingerprint density at radius 1 is 0.929 bits per heavy atom. The lowest BCUT2D eigenvalue weighted by Gasteiger charge is -2.25. The van der Waals surface area contributed by atoms with Gasteiger partial charge in [0.1, 0.15) is 5.82 Å². The van der Waals surface area contributed by atoms with Crippen molar-refractivity contribution in [3.8, 4) is 0 Å². The van der Waals surface area contributed by atoms with Gasteiger partial charge >= 0.3 is 5.97 Å². The molecule has 0 spiro atoms. The first-order valence-electron chi connectivity index (χ1n) is 9.36. The summed E-state index contributed by atoms with van der Waals surface area (Å²) in [5.74, 6) is 0.602. The zero-order chi connectivity index (χ0) is 19.3. The molecule has 28 heavy (non-hydrogen) atoms. The molecule has 0 bridgehead atoms. The van der Waals surface area contributed by atoms with E-state index in [1.165, 1.54) is 18.2 Å². The van der Waals surface area contributed by atoms with E-state index in [4.69, 9.17) is 9.72 Å². The van der Waals surface area contributed by atoms with Crippen LogP contribution in [-0.2, 0) is 29.0 Å². The third kappa shape index (κ3) is 3.81. The molecule has 0 fully saturated rings. The molecule has 1 aliphatic rings. The molecular weight excluding hydrogens is 348 g/mol. The number of ether oxygens (including phenoxy) is 1. The number of hydrogen-bond acceptors (Lipinski definition) is 4. The van der Waals surface area contributed by atoms with Gasteiger partial charge in [-0.25, -0.2) is 9.78 Å². The number of carbonyl (C=O) groups is 1. The molecule has 3 aromatic rings. The average Bonchev–Trinajstić information content (AvgIpc) is 3.17. The van der Waals surface area contributed by atoms with Gasteiger partial charge in [0, 0.05) is 25.1 Å². The molecule has 4 rings (SSSR count). The van der Waals surface area contributed by atoms with Crippen molar-refractivity contribution in [3.05, 3.63) is 101 Å². The molecule has 4 nitrogen and oxygen atoms in total. The Morgan fingerprint density at radius 2 is 1.54 bits per heavy atom. The van der Waals surface area contributed by atoms with Crippen LogP contribution >= 0.6 is 0 Å². The second kappa shape index (κ2) is 8.09. The normalized spacial score (nSPS) is 12.2. The molecular formula is C24H22N2O2. The number of nitrogens with zero attached hydrogens (tertiary/aromatic N) is 2. The summed E-state index contributed by atoms with van der Waals surface area (Å²) in [6, 6.07) is 24.8. The predicted molar refractivity (Wildman–Crippen MR) is 111 cm³/mol. The summed E-state index contributed by atoms with van der Waals surface area (Å²) in [6.07, 6.45) is 2.55. The van der Waals surface area contributed by atoms with Crippen LogP contribution < -0.4 is 4.90 Å². The highest BCUT2D eigenvalue weighted by Crippen LogP contribution is 2.30. The summed E-state index contributed by atoms with van der Waals surface area (Å²) in [4.78, 5) is 19.1. The molecule has 2 aromatic carbocycles. The van der Waals surface area contributed by atoms with Gasteiger partial charge in [0.2, 0.25) is 0 Å². The minimum absolute atomic E-state index is 0.307. The van der Waals surface area contributed by atoms with E-state index in [1.807, 2.05) is 30.3 Å². The fourth-order valence-corrected chi connectivity index (χ4v) is 3.50. The number of esters is 1. The van der Waals surface area contributed by atoms with Crippen molar-refractivity contribution in [1.29, 1.82) is 0 Å². The van der Waals surface area contributed by atoms with Gasteiger partial charge in [0.25, 0.3) is 0 Å². The molecule has 0 radical (unpaired) electrons. The van der Waals surface area contributed by atoms with E-state index in [1.54, 1.807) is 0 Å². The van der Waals surface area contributed by atoms with Crippen molar-refractivity contribution in [2.75, 3.05) is 12.0 Å². The van der Waals surface area contributed by atoms with E-state index >= 15 is 0 Å². The molecule has 0 saturated carbocycles. The van der Waals surface area contributed by atoms with Crippen LogP contribution in [0.15, 0.2) is 78.9 Å². The van der Waals surface area contributed by atoms with Crippen molar-refractivity contribution >= 4 is 17.4 Å². The zero-order valence-electron chi connectivity index (χ0n) is 15.8. The highest BCUT2D eigenvalue weighted by molar-refractivity contribution is 6.17. The second-order valence-electron chi connectivity index (χ2n) is 6.80. The van der Waals surface area contributed by atoms with Crippen molar-refractivity contribution in [2.45, 2.75) is 19.5 Å². The summed E-state index contributed by atoms with van der Waals surface area (Å²) in [5, 5.41) is 0. The van der Waals surface area contributed by atoms with Gasteiger partial charge in [-0.1, -0.05) is 66.7 Å². The van der Waals surface area contributed by atoms with Crippen molar-refractivity contribution in [3.63, 3.8) is 0 Å². The van der Waals surface area contributed by atoms with Gasteiger partial charge in [0.05, 0.1) is 18.4 Å². The van der Waals surface area contributed by atoms with E-state index in [2.05, 4.69) is 53.4 Å². The minimum atomic E-state index is -0.307. The van der Waals surface area contributed by atoms with Crippen molar-refractivity contribution in [1.82, 2.24) is 4.98 Å². The van der Waals surface area contributed by atoms with E-state index in [9.17, 15) is 4.79 Å². The van der Waals surface area contributed by atoms with Crippen LogP contribution in [0.25, 0.3) is 5.57 Å². The maximum absolute atomic E-state index is 11.9. The minimum Gasteiger partial charge on any atom is -0.465 e. The molecule has 1 aromatic heterocycles. The highest BCUT2D eigenvalue weighted by atomic mass is 16.5. The molecule has 0 amide bonds. The van der Waals surface area contributed by atoms with Gasteiger partial charge in [-0.15, -0.1) is 0 Å². The Hall–Kier alpha value is -3.40. The molecule has 1 heterocycles. The van der Waals surface area contributed by atoms with E-state index in [0.29, 0.717) is 12.0 Å². The molecule has 4 heteroatoms. The summed E-state index contributed by atoms with van der Waals surface area (Å²) in [6.45, 7) is 1.53. The lowest BCUT2D eigenvalue weighted by Crippen LogP contribution is -2.23. The maximum atomic E-state index is 11.9. The monoisotopic (exact) mass is 370 g/mol. The van der Waals surface area contributed by atoms with Gasteiger partial charge < -0.3 is 9.64 Å². The fraction of sp³-hybridized carbons (Fsp3) is 0.167. The molecule has 1 aliphatic carbocycles. The standard InChI is InChI=1S/C24H22N2O2/c1-28-24(27)21-12-14-22-20(21)13-15-23(25-22)26(16-18-8-4-2-5-9-18)17-19-10-6-3-7-11-19/h2-13,15H,14,16-17H2,1H3. The Kier molecular flexibility index (Phi) is 5.20. The predicted octanol–water partition coefficient (Wildman–Crippen LogP) is 4.40.